The van der Waals surface area contributed by atoms with Gasteiger partial charge in [-0.15, -0.1) is 5.10 Å². The van der Waals surface area contributed by atoms with Crippen LogP contribution in [0.25, 0.3) is 11.3 Å². The van der Waals surface area contributed by atoms with Gasteiger partial charge in [-0.25, -0.2) is 0 Å². The lowest BCUT2D eigenvalue weighted by atomic mass is 10.1. The second kappa shape index (κ2) is 5.03. The summed E-state index contributed by atoms with van der Waals surface area (Å²) in [5, 5.41) is 8.62. The molecule has 94 valence electrons. The number of hydrogen-bond donors (Lipinski definition) is 1. The van der Waals surface area contributed by atoms with Crippen molar-refractivity contribution < 1.29 is 9.21 Å². The number of nitrogens with zero attached hydrogens (tertiary/aromatic N) is 2. The summed E-state index contributed by atoms with van der Waals surface area (Å²) in [7, 11) is 0. The highest BCUT2D eigenvalue weighted by atomic mass is 32.1. The van der Waals surface area contributed by atoms with Crippen molar-refractivity contribution in [2.24, 2.45) is 0 Å². The van der Waals surface area contributed by atoms with Crippen molar-refractivity contribution in [2.45, 2.75) is 0 Å². The van der Waals surface area contributed by atoms with E-state index >= 15 is 0 Å². The Bertz CT molecular complexity index is 678. The van der Waals surface area contributed by atoms with Crippen LogP contribution < -0.4 is 5.32 Å². The molecule has 6 heteroatoms. The van der Waals surface area contributed by atoms with Gasteiger partial charge in [-0.2, -0.15) is 0 Å². The summed E-state index contributed by atoms with van der Waals surface area (Å²) >= 11 is 1.29. The standard InChI is InChI=1S/C13H9N3O2S/c17-13(12-5-2-6-18-12)14-10-4-1-3-9(7-10)11-8-19-16-15-11/h1-8H,(H,14,17). The van der Waals surface area contributed by atoms with Gasteiger partial charge in [-0.05, 0) is 35.8 Å². The van der Waals surface area contributed by atoms with Crippen molar-refractivity contribution in [1.82, 2.24) is 9.59 Å². The maximum atomic E-state index is 11.8. The molecule has 0 bridgehead atoms. The summed E-state index contributed by atoms with van der Waals surface area (Å²) in [5.41, 5.74) is 2.39. The van der Waals surface area contributed by atoms with Crippen LogP contribution in [0.15, 0.2) is 52.5 Å². The summed E-state index contributed by atoms with van der Waals surface area (Å²) in [5.74, 6) is -0.000666. The number of furan rings is 1. The Morgan fingerprint density at radius 1 is 1.26 bits per heavy atom. The quantitative estimate of drug-likeness (QED) is 0.795. The van der Waals surface area contributed by atoms with Crippen LogP contribution in [0.4, 0.5) is 5.69 Å². The predicted octanol–water partition coefficient (Wildman–Crippen LogP) is 3.05. The van der Waals surface area contributed by atoms with E-state index in [9.17, 15) is 4.79 Å². The highest BCUT2D eigenvalue weighted by Crippen LogP contribution is 2.21. The summed E-state index contributed by atoms with van der Waals surface area (Å²) in [6.45, 7) is 0. The number of hydrogen-bond acceptors (Lipinski definition) is 5. The fourth-order valence-corrected chi connectivity index (χ4v) is 2.11. The van der Waals surface area contributed by atoms with Gasteiger partial charge in [0.15, 0.2) is 5.76 Å². The van der Waals surface area contributed by atoms with E-state index in [1.165, 1.54) is 17.8 Å². The molecule has 0 fully saturated rings. The minimum absolute atomic E-state index is 0.278. The lowest BCUT2D eigenvalue weighted by molar-refractivity contribution is 0.0996. The molecule has 0 atom stereocenters. The molecular weight excluding hydrogens is 262 g/mol. The van der Waals surface area contributed by atoms with Crippen molar-refractivity contribution in [3.8, 4) is 11.3 Å². The maximum absolute atomic E-state index is 11.8. The largest absolute Gasteiger partial charge is 0.459 e. The SMILES string of the molecule is O=C(Nc1cccc(-c2csnn2)c1)c1ccco1. The molecule has 1 aromatic carbocycles. The fourth-order valence-electron chi connectivity index (χ4n) is 1.65. The van der Waals surface area contributed by atoms with E-state index in [2.05, 4.69) is 14.9 Å². The number of carbonyl (C=O) groups is 1. The van der Waals surface area contributed by atoms with Gasteiger partial charge >= 0.3 is 0 Å². The molecular formula is C13H9N3O2S. The first-order chi connectivity index (χ1) is 9.33. The number of aromatic nitrogens is 2. The molecule has 0 unspecified atom stereocenters. The fraction of sp³-hybridized carbons (Fsp3) is 0. The normalized spacial score (nSPS) is 10.3. The predicted molar refractivity (Wildman–Crippen MR) is 72.0 cm³/mol. The molecule has 0 saturated heterocycles. The van der Waals surface area contributed by atoms with E-state index in [1.54, 1.807) is 12.1 Å². The summed E-state index contributed by atoms with van der Waals surface area (Å²) in [6.07, 6.45) is 1.46. The Balaban J connectivity index is 1.82. The smallest absolute Gasteiger partial charge is 0.291 e. The first-order valence-corrected chi connectivity index (χ1v) is 6.39. The molecule has 0 saturated carbocycles. The Morgan fingerprint density at radius 2 is 2.21 bits per heavy atom. The maximum Gasteiger partial charge on any atom is 0.291 e. The molecule has 0 aliphatic carbocycles. The minimum Gasteiger partial charge on any atom is -0.459 e. The number of carbonyl (C=O) groups excluding carboxylic acids is 1. The Kier molecular flexibility index (Phi) is 3.07. The van der Waals surface area contributed by atoms with Crippen LogP contribution in [0, 0.1) is 0 Å². The molecule has 1 N–H and O–H groups in total. The zero-order valence-electron chi connectivity index (χ0n) is 9.74. The zero-order chi connectivity index (χ0) is 13.1. The minimum atomic E-state index is -0.279. The van der Waals surface area contributed by atoms with Crippen LogP contribution in [0.5, 0.6) is 0 Å². The third-order valence-electron chi connectivity index (χ3n) is 2.52. The van der Waals surface area contributed by atoms with Gasteiger partial charge in [0, 0.05) is 16.6 Å². The van der Waals surface area contributed by atoms with Gasteiger partial charge in [0.25, 0.3) is 5.91 Å². The van der Waals surface area contributed by atoms with Gasteiger partial charge in [-0.3, -0.25) is 4.79 Å². The Hall–Kier alpha value is -2.47. The van der Waals surface area contributed by atoms with Gasteiger partial charge < -0.3 is 9.73 Å². The molecule has 19 heavy (non-hydrogen) atoms. The highest BCUT2D eigenvalue weighted by Gasteiger charge is 2.09. The van der Waals surface area contributed by atoms with Gasteiger partial charge in [-0.1, -0.05) is 16.6 Å². The van der Waals surface area contributed by atoms with Crippen LogP contribution in [0.3, 0.4) is 0 Å². The second-order valence-corrected chi connectivity index (χ2v) is 4.41. The molecule has 2 aromatic heterocycles. The van der Waals surface area contributed by atoms with E-state index in [0.29, 0.717) is 5.69 Å². The molecule has 0 aliphatic rings. The lowest BCUT2D eigenvalue weighted by Gasteiger charge is -2.04. The first kappa shape index (κ1) is 11.6. The molecule has 0 radical (unpaired) electrons. The van der Waals surface area contributed by atoms with Crippen LogP contribution in [-0.2, 0) is 0 Å². The van der Waals surface area contributed by atoms with Crippen LogP contribution in [0.1, 0.15) is 10.6 Å². The third kappa shape index (κ3) is 2.53. The molecule has 3 aromatic rings. The van der Waals surface area contributed by atoms with E-state index < -0.39 is 0 Å². The van der Waals surface area contributed by atoms with E-state index in [1.807, 2.05) is 29.6 Å². The number of nitrogens with one attached hydrogen (secondary N) is 1. The second-order valence-electron chi connectivity index (χ2n) is 3.80. The van der Waals surface area contributed by atoms with E-state index in [4.69, 9.17) is 4.42 Å². The highest BCUT2D eigenvalue weighted by molar-refractivity contribution is 7.03. The molecule has 5 nitrogen and oxygen atoms in total. The average molecular weight is 271 g/mol. The summed E-state index contributed by atoms with van der Waals surface area (Å²) in [6, 6.07) is 10.7. The molecule has 1 amide bonds. The molecule has 2 heterocycles. The monoisotopic (exact) mass is 271 g/mol. The van der Waals surface area contributed by atoms with Crippen LogP contribution in [0.2, 0.25) is 0 Å². The topological polar surface area (TPSA) is 68.0 Å². The first-order valence-electron chi connectivity index (χ1n) is 5.55. The van der Waals surface area contributed by atoms with Crippen molar-refractivity contribution in [3.05, 3.63) is 53.8 Å². The van der Waals surface area contributed by atoms with Gasteiger partial charge in [0.1, 0.15) is 5.69 Å². The lowest BCUT2D eigenvalue weighted by Crippen LogP contribution is -2.10. The van der Waals surface area contributed by atoms with E-state index in [-0.39, 0.29) is 11.7 Å². The van der Waals surface area contributed by atoms with Crippen molar-refractivity contribution in [2.75, 3.05) is 5.32 Å². The van der Waals surface area contributed by atoms with Crippen molar-refractivity contribution >= 4 is 23.1 Å². The zero-order valence-corrected chi connectivity index (χ0v) is 10.6. The number of amides is 1. The Morgan fingerprint density at radius 3 is 2.95 bits per heavy atom. The average Bonchev–Trinajstić information content (AvgIpc) is 3.13. The third-order valence-corrected chi connectivity index (χ3v) is 3.03. The van der Waals surface area contributed by atoms with Crippen molar-refractivity contribution in [3.63, 3.8) is 0 Å². The number of rotatable bonds is 3. The summed E-state index contributed by atoms with van der Waals surface area (Å²) < 4.78 is 8.86. The van der Waals surface area contributed by atoms with Crippen LogP contribution in [-0.4, -0.2) is 15.5 Å². The van der Waals surface area contributed by atoms with E-state index in [0.717, 1.165) is 11.3 Å². The number of benzene rings is 1. The molecule has 3 rings (SSSR count). The molecule has 0 spiro atoms. The van der Waals surface area contributed by atoms with Crippen LogP contribution >= 0.6 is 11.5 Å². The Labute approximate surface area is 113 Å². The summed E-state index contributed by atoms with van der Waals surface area (Å²) in [4.78, 5) is 11.8. The van der Waals surface area contributed by atoms with Gasteiger partial charge in [0.2, 0.25) is 0 Å². The number of anilines is 1. The van der Waals surface area contributed by atoms with Gasteiger partial charge in [0.05, 0.1) is 6.26 Å². The van der Waals surface area contributed by atoms with Crippen molar-refractivity contribution in [1.29, 1.82) is 0 Å². The molecule has 0 aliphatic heterocycles.